The highest BCUT2D eigenvalue weighted by molar-refractivity contribution is 5.92. The third-order valence-electron chi connectivity index (χ3n) is 1.66. The van der Waals surface area contributed by atoms with Gasteiger partial charge in [-0.05, 0) is 23.5 Å². The Kier molecular flexibility index (Phi) is 3.19. The van der Waals surface area contributed by atoms with Gasteiger partial charge in [-0.1, -0.05) is 13.8 Å². The van der Waals surface area contributed by atoms with E-state index in [1.807, 2.05) is 13.8 Å². The van der Waals surface area contributed by atoms with Crippen LogP contribution in [-0.2, 0) is 4.79 Å². The normalized spacial score (nSPS) is 9.36. The number of nitrogens with zero attached hydrogens (tertiary/aromatic N) is 2. The number of aromatic nitrogens is 2. The van der Waals surface area contributed by atoms with E-state index in [4.69, 9.17) is 5.73 Å². The van der Waals surface area contributed by atoms with Crippen molar-refractivity contribution in [2.75, 3.05) is 0 Å². The van der Waals surface area contributed by atoms with E-state index < -0.39 is 5.91 Å². The molecule has 4 heteroatoms. The highest BCUT2D eigenvalue weighted by atomic mass is 16.1. The summed E-state index contributed by atoms with van der Waals surface area (Å²) in [5, 5.41) is 7.54. The summed E-state index contributed by atoms with van der Waals surface area (Å²) >= 11 is 0. The van der Waals surface area contributed by atoms with E-state index in [1.165, 1.54) is 0 Å². The van der Waals surface area contributed by atoms with Gasteiger partial charge in [-0.2, -0.15) is 5.10 Å². The summed E-state index contributed by atoms with van der Waals surface area (Å²) < 4.78 is 0. The number of amides is 1. The highest BCUT2D eigenvalue weighted by Crippen LogP contribution is 2.11. The lowest BCUT2D eigenvalue weighted by Gasteiger charge is -2.02. The van der Waals surface area contributed by atoms with Crippen molar-refractivity contribution in [2.45, 2.75) is 19.8 Å². The Morgan fingerprint density at radius 1 is 1.57 bits per heavy atom. The van der Waals surface area contributed by atoms with E-state index in [2.05, 4.69) is 22.0 Å². The fourth-order valence-corrected chi connectivity index (χ4v) is 0.884. The Labute approximate surface area is 82.5 Å². The van der Waals surface area contributed by atoms with Crippen molar-refractivity contribution in [3.63, 3.8) is 0 Å². The molecule has 72 valence electrons. The standard InChI is InChI=1S/C10H11N3O/c1-7(2)8-5-9(13-12-6-8)3-4-10(11)14/h5-7H,1-2H3,(H2,11,14). The minimum absolute atomic E-state index is 0.361. The van der Waals surface area contributed by atoms with Crippen LogP contribution in [0, 0.1) is 11.8 Å². The third-order valence-corrected chi connectivity index (χ3v) is 1.66. The molecule has 0 spiro atoms. The number of hydrogen-bond donors (Lipinski definition) is 1. The van der Waals surface area contributed by atoms with E-state index in [0.717, 1.165) is 5.56 Å². The Balaban J connectivity index is 2.96. The van der Waals surface area contributed by atoms with Gasteiger partial charge in [-0.25, -0.2) is 0 Å². The molecule has 0 unspecified atom stereocenters. The van der Waals surface area contributed by atoms with Gasteiger partial charge in [0.25, 0.3) is 5.91 Å². The minimum atomic E-state index is -0.665. The van der Waals surface area contributed by atoms with Crippen LogP contribution in [0.3, 0.4) is 0 Å². The molecule has 1 heterocycles. The van der Waals surface area contributed by atoms with Crippen LogP contribution < -0.4 is 5.73 Å². The lowest BCUT2D eigenvalue weighted by atomic mass is 10.1. The number of nitrogens with two attached hydrogens (primary N) is 1. The molecular formula is C10H11N3O. The predicted octanol–water partition coefficient (Wildman–Crippen LogP) is 0.437. The molecule has 1 amide bonds. The molecule has 1 aromatic rings. The maximum atomic E-state index is 10.4. The topological polar surface area (TPSA) is 68.9 Å². The maximum Gasteiger partial charge on any atom is 0.293 e. The van der Waals surface area contributed by atoms with Crippen molar-refractivity contribution in [3.8, 4) is 11.8 Å². The summed E-state index contributed by atoms with van der Waals surface area (Å²) in [4.78, 5) is 10.4. The van der Waals surface area contributed by atoms with Crippen LogP contribution in [0.1, 0.15) is 31.0 Å². The van der Waals surface area contributed by atoms with E-state index in [9.17, 15) is 4.79 Å². The fraction of sp³-hybridized carbons (Fsp3) is 0.300. The molecule has 1 rings (SSSR count). The Bertz CT molecular complexity index is 401. The first-order chi connectivity index (χ1) is 6.59. The number of carbonyl (C=O) groups is 1. The first kappa shape index (κ1) is 10.2. The Hall–Kier alpha value is -1.89. The second-order valence-corrected chi connectivity index (χ2v) is 3.14. The van der Waals surface area contributed by atoms with Gasteiger partial charge in [0.15, 0.2) is 0 Å². The van der Waals surface area contributed by atoms with Crippen molar-refractivity contribution in [1.82, 2.24) is 10.2 Å². The van der Waals surface area contributed by atoms with E-state index in [0.29, 0.717) is 11.6 Å². The zero-order valence-electron chi connectivity index (χ0n) is 8.11. The zero-order valence-corrected chi connectivity index (χ0v) is 8.11. The van der Waals surface area contributed by atoms with Crippen molar-refractivity contribution in [2.24, 2.45) is 5.73 Å². The molecule has 0 atom stereocenters. The van der Waals surface area contributed by atoms with Crippen LogP contribution >= 0.6 is 0 Å². The fourth-order valence-electron chi connectivity index (χ4n) is 0.884. The molecule has 0 saturated carbocycles. The molecule has 0 aliphatic carbocycles. The second-order valence-electron chi connectivity index (χ2n) is 3.14. The Morgan fingerprint density at radius 2 is 2.29 bits per heavy atom. The van der Waals surface area contributed by atoms with Gasteiger partial charge in [0.05, 0.1) is 6.20 Å². The molecular weight excluding hydrogens is 178 g/mol. The minimum Gasteiger partial charge on any atom is -0.359 e. The molecule has 0 aromatic carbocycles. The van der Waals surface area contributed by atoms with Gasteiger partial charge in [0.1, 0.15) is 5.69 Å². The molecule has 0 aliphatic rings. The number of hydrogen-bond acceptors (Lipinski definition) is 3. The first-order valence-electron chi connectivity index (χ1n) is 4.23. The van der Waals surface area contributed by atoms with Gasteiger partial charge >= 0.3 is 0 Å². The van der Waals surface area contributed by atoms with Crippen molar-refractivity contribution < 1.29 is 4.79 Å². The van der Waals surface area contributed by atoms with Crippen molar-refractivity contribution in [3.05, 3.63) is 23.5 Å². The highest BCUT2D eigenvalue weighted by Gasteiger charge is 2.00. The van der Waals surface area contributed by atoms with Gasteiger partial charge in [0.2, 0.25) is 0 Å². The summed E-state index contributed by atoms with van der Waals surface area (Å²) in [7, 11) is 0. The molecule has 0 bridgehead atoms. The quantitative estimate of drug-likeness (QED) is 0.651. The number of primary amides is 1. The van der Waals surface area contributed by atoms with Gasteiger partial charge < -0.3 is 5.73 Å². The average Bonchev–Trinajstić information content (AvgIpc) is 2.15. The van der Waals surface area contributed by atoms with Crippen LogP contribution in [0.25, 0.3) is 0 Å². The second kappa shape index (κ2) is 4.38. The summed E-state index contributed by atoms with van der Waals surface area (Å²) in [6.07, 6.45) is 1.68. The van der Waals surface area contributed by atoms with Crippen LogP contribution in [0.15, 0.2) is 12.3 Å². The zero-order chi connectivity index (χ0) is 10.6. The average molecular weight is 189 g/mol. The van der Waals surface area contributed by atoms with Gasteiger partial charge in [-0.3, -0.25) is 4.79 Å². The van der Waals surface area contributed by atoms with Gasteiger partial charge in [0, 0.05) is 5.92 Å². The van der Waals surface area contributed by atoms with Crippen LogP contribution in [0.2, 0.25) is 0 Å². The first-order valence-corrected chi connectivity index (χ1v) is 4.23. The summed E-state index contributed by atoms with van der Waals surface area (Å²) in [6, 6.07) is 1.80. The predicted molar refractivity (Wildman–Crippen MR) is 52.2 cm³/mol. The molecule has 14 heavy (non-hydrogen) atoms. The summed E-state index contributed by atoms with van der Waals surface area (Å²) in [5.41, 5.74) is 6.38. The molecule has 0 fully saturated rings. The molecule has 0 saturated heterocycles. The lowest BCUT2D eigenvalue weighted by molar-refractivity contribution is -0.112. The largest absolute Gasteiger partial charge is 0.359 e. The monoisotopic (exact) mass is 189 g/mol. The summed E-state index contributed by atoms with van der Waals surface area (Å²) in [5.74, 6) is 4.45. The summed E-state index contributed by atoms with van der Waals surface area (Å²) in [6.45, 7) is 4.09. The smallest absolute Gasteiger partial charge is 0.293 e. The van der Waals surface area contributed by atoms with Gasteiger partial charge in [-0.15, -0.1) is 5.10 Å². The third kappa shape index (κ3) is 2.87. The van der Waals surface area contributed by atoms with Crippen molar-refractivity contribution in [1.29, 1.82) is 0 Å². The molecule has 2 N–H and O–H groups in total. The maximum absolute atomic E-state index is 10.4. The molecule has 1 aromatic heterocycles. The SMILES string of the molecule is CC(C)c1cnnc(C#CC(N)=O)c1. The van der Waals surface area contributed by atoms with E-state index in [1.54, 1.807) is 12.3 Å². The molecule has 0 radical (unpaired) electrons. The number of carbonyl (C=O) groups excluding carboxylic acids is 1. The van der Waals surface area contributed by atoms with Crippen LogP contribution in [0.4, 0.5) is 0 Å². The van der Waals surface area contributed by atoms with Crippen molar-refractivity contribution >= 4 is 5.91 Å². The van der Waals surface area contributed by atoms with E-state index >= 15 is 0 Å². The van der Waals surface area contributed by atoms with E-state index in [-0.39, 0.29) is 0 Å². The molecule has 0 aliphatic heterocycles. The van der Waals surface area contributed by atoms with Crippen LogP contribution in [-0.4, -0.2) is 16.1 Å². The Morgan fingerprint density at radius 3 is 2.86 bits per heavy atom. The number of rotatable bonds is 1. The molecule has 4 nitrogen and oxygen atoms in total. The van der Waals surface area contributed by atoms with Crippen LogP contribution in [0.5, 0.6) is 0 Å². The lowest BCUT2D eigenvalue weighted by Crippen LogP contribution is -2.06.